The first-order valence-electron chi connectivity index (χ1n) is 15.0. The maximum atomic E-state index is 7.11. The summed E-state index contributed by atoms with van der Waals surface area (Å²) in [4.78, 5) is 1.48. The first kappa shape index (κ1) is 23.6. The Morgan fingerprint density at radius 3 is 2.67 bits per heavy atom. The largest absolute Gasteiger partial charge is 0.456 e. The number of nitrogens with two attached hydrogens (primary N) is 1. The Bertz CT molecular complexity index is 2540. The molecule has 2 aliphatic carbocycles. The fourth-order valence-electron chi connectivity index (χ4n) is 7.46. The van der Waals surface area contributed by atoms with Gasteiger partial charge in [0, 0.05) is 53.5 Å². The van der Waals surface area contributed by atoms with Crippen LogP contribution in [0.1, 0.15) is 23.3 Å². The summed E-state index contributed by atoms with van der Waals surface area (Å²) in [7, 11) is 0. The second-order valence-corrected chi connectivity index (χ2v) is 12.9. The number of hydrogen-bond donors (Lipinski definition) is 2. The molecule has 0 spiro atoms. The normalized spacial score (nSPS) is 16.6. The summed E-state index contributed by atoms with van der Waals surface area (Å²) in [5, 5.41) is 11.1. The number of benzene rings is 4. The molecule has 8 aromatic rings. The van der Waals surface area contributed by atoms with Gasteiger partial charge in [0.1, 0.15) is 17.0 Å². The van der Waals surface area contributed by atoms with E-state index < -0.39 is 0 Å². The standard InChI is InChI=1S/C38H27N3OS/c39-34-29-20-28-25-12-5-7-16-32(25)43-37(28)33-26-14-8-13-23(21-17-18-31-27(19-21)24-11-4-6-15-30(24)42-31)35(26)41(36(29)33)38(34)40-22-9-2-1-3-10-22/h1-6,8-9,11-15,17-20,22,40H,7,10,16,39H2. The highest BCUT2D eigenvalue weighted by Gasteiger charge is 2.27. The molecule has 0 amide bonds. The van der Waals surface area contributed by atoms with E-state index in [0.717, 1.165) is 58.1 Å². The summed E-state index contributed by atoms with van der Waals surface area (Å²) in [5.74, 6) is 0.976. The van der Waals surface area contributed by atoms with Crippen LogP contribution in [0.2, 0.25) is 0 Å². The molecule has 4 heterocycles. The Kier molecular flexibility index (Phi) is 4.67. The topological polar surface area (TPSA) is 55.6 Å². The molecule has 4 aromatic heterocycles. The molecule has 3 N–H and O–H groups in total. The van der Waals surface area contributed by atoms with Gasteiger partial charge in [-0.15, -0.1) is 11.3 Å². The van der Waals surface area contributed by atoms with E-state index in [4.69, 9.17) is 10.2 Å². The van der Waals surface area contributed by atoms with Gasteiger partial charge in [-0.1, -0.05) is 78.9 Å². The zero-order valence-electron chi connectivity index (χ0n) is 23.4. The lowest BCUT2D eigenvalue weighted by Gasteiger charge is -2.18. The van der Waals surface area contributed by atoms with Crippen molar-refractivity contribution in [3.63, 3.8) is 0 Å². The molecule has 0 radical (unpaired) electrons. The van der Waals surface area contributed by atoms with Crippen molar-refractivity contribution in [1.82, 2.24) is 4.40 Å². The average Bonchev–Trinajstić information content (AvgIpc) is 3.78. The van der Waals surface area contributed by atoms with Gasteiger partial charge in [0.25, 0.3) is 0 Å². The number of furan rings is 1. The summed E-state index contributed by atoms with van der Waals surface area (Å²) in [6, 6.07) is 24.2. The van der Waals surface area contributed by atoms with Crippen LogP contribution < -0.4 is 11.1 Å². The van der Waals surface area contributed by atoms with Gasteiger partial charge in [-0.2, -0.15) is 0 Å². The van der Waals surface area contributed by atoms with Gasteiger partial charge < -0.3 is 15.5 Å². The monoisotopic (exact) mass is 573 g/mol. The molecule has 1 unspecified atom stereocenters. The molecule has 0 saturated carbocycles. The van der Waals surface area contributed by atoms with E-state index in [-0.39, 0.29) is 6.04 Å². The minimum atomic E-state index is 0.179. The van der Waals surface area contributed by atoms with Crippen molar-refractivity contribution in [2.75, 3.05) is 11.1 Å². The van der Waals surface area contributed by atoms with E-state index >= 15 is 0 Å². The van der Waals surface area contributed by atoms with E-state index in [2.05, 4.69) is 101 Å². The van der Waals surface area contributed by atoms with Gasteiger partial charge in [-0.3, -0.25) is 4.40 Å². The van der Waals surface area contributed by atoms with Gasteiger partial charge in [0.2, 0.25) is 0 Å². The number of nitrogens with zero attached hydrogens (tertiary/aromatic N) is 1. The third-order valence-electron chi connectivity index (χ3n) is 9.40. The van der Waals surface area contributed by atoms with Crippen LogP contribution in [0.3, 0.4) is 0 Å². The number of para-hydroxylation sites is 2. The summed E-state index contributed by atoms with van der Waals surface area (Å²) in [6.45, 7) is 0. The molecule has 0 aliphatic heterocycles. The summed E-state index contributed by atoms with van der Waals surface area (Å²) in [6.07, 6.45) is 16.4. The summed E-state index contributed by atoms with van der Waals surface area (Å²) < 4.78 is 9.96. The molecular formula is C38H27N3OS. The predicted molar refractivity (Wildman–Crippen MR) is 184 cm³/mol. The number of rotatable bonds is 3. The number of aromatic nitrogens is 1. The van der Waals surface area contributed by atoms with Crippen molar-refractivity contribution in [3.8, 4) is 11.1 Å². The highest BCUT2D eigenvalue weighted by atomic mass is 32.1. The molecule has 4 aromatic carbocycles. The maximum Gasteiger partial charge on any atom is 0.135 e. The number of hydrogen-bond acceptors (Lipinski definition) is 4. The van der Waals surface area contributed by atoms with Crippen molar-refractivity contribution < 1.29 is 4.42 Å². The lowest BCUT2D eigenvalue weighted by atomic mass is 9.98. The molecule has 0 fully saturated rings. The van der Waals surface area contributed by atoms with Crippen LogP contribution in [0.15, 0.2) is 102 Å². The fraction of sp³-hybridized carbons (Fsp3) is 0.105. The van der Waals surface area contributed by atoms with Crippen LogP contribution in [0.4, 0.5) is 11.5 Å². The van der Waals surface area contributed by atoms with Gasteiger partial charge in [0.05, 0.1) is 16.7 Å². The van der Waals surface area contributed by atoms with Crippen molar-refractivity contribution in [3.05, 3.63) is 108 Å². The SMILES string of the molecule is Nc1c(NC2C=CC=CC2)n2c3c(-c4ccc5oc6ccccc6c5c4)cccc3c3c4sc5c(c4cc1c32)C=CCC5. The highest BCUT2D eigenvalue weighted by Crippen LogP contribution is 2.51. The number of nitrogens with one attached hydrogen (secondary N) is 1. The molecular weight excluding hydrogens is 547 g/mol. The smallest absolute Gasteiger partial charge is 0.135 e. The first-order chi connectivity index (χ1) is 21.2. The molecule has 0 saturated heterocycles. The maximum absolute atomic E-state index is 7.11. The third-order valence-corrected chi connectivity index (χ3v) is 10.7. The number of aryl methyl sites for hydroxylation is 1. The Balaban J connectivity index is 1.34. The zero-order chi connectivity index (χ0) is 28.2. The van der Waals surface area contributed by atoms with Crippen molar-refractivity contribution in [2.45, 2.75) is 25.3 Å². The van der Waals surface area contributed by atoms with Crippen LogP contribution >= 0.6 is 11.3 Å². The number of allylic oxidation sites excluding steroid dienone is 3. The van der Waals surface area contributed by atoms with E-state index in [1.165, 1.54) is 53.5 Å². The lowest BCUT2D eigenvalue weighted by Crippen LogP contribution is -2.18. The Hall–Kier alpha value is -5.00. The van der Waals surface area contributed by atoms with Crippen LogP contribution in [0.5, 0.6) is 0 Å². The predicted octanol–water partition coefficient (Wildman–Crippen LogP) is 10.3. The minimum absolute atomic E-state index is 0.179. The van der Waals surface area contributed by atoms with E-state index in [1.54, 1.807) is 0 Å². The molecule has 2 aliphatic rings. The van der Waals surface area contributed by atoms with E-state index in [1.807, 2.05) is 23.5 Å². The quantitative estimate of drug-likeness (QED) is 0.221. The Morgan fingerprint density at radius 1 is 0.837 bits per heavy atom. The van der Waals surface area contributed by atoms with Crippen LogP contribution in [0.25, 0.3) is 76.4 Å². The van der Waals surface area contributed by atoms with Crippen LogP contribution in [0, 0.1) is 0 Å². The van der Waals surface area contributed by atoms with Crippen LogP contribution in [-0.2, 0) is 6.42 Å². The van der Waals surface area contributed by atoms with Gasteiger partial charge in [-0.05, 0) is 54.7 Å². The summed E-state index contributed by atoms with van der Waals surface area (Å²) >= 11 is 1.96. The first-order valence-corrected chi connectivity index (χ1v) is 15.8. The van der Waals surface area contributed by atoms with Crippen molar-refractivity contribution in [2.24, 2.45) is 0 Å². The van der Waals surface area contributed by atoms with Crippen molar-refractivity contribution in [1.29, 1.82) is 0 Å². The highest BCUT2D eigenvalue weighted by molar-refractivity contribution is 7.20. The zero-order valence-corrected chi connectivity index (χ0v) is 24.2. The van der Waals surface area contributed by atoms with E-state index in [0.29, 0.717) is 0 Å². The summed E-state index contributed by atoms with van der Waals surface area (Å²) in [5.41, 5.74) is 15.9. The number of nitrogen functional groups attached to an aromatic ring is 1. The molecule has 43 heavy (non-hydrogen) atoms. The van der Waals surface area contributed by atoms with Gasteiger partial charge in [0.15, 0.2) is 0 Å². The number of fused-ring (bicyclic) bond motifs is 10. The molecule has 1 atom stereocenters. The third kappa shape index (κ3) is 3.15. The van der Waals surface area contributed by atoms with Crippen molar-refractivity contribution >= 4 is 88.1 Å². The Labute approximate surface area is 251 Å². The van der Waals surface area contributed by atoms with Gasteiger partial charge >= 0.3 is 0 Å². The molecule has 10 rings (SSSR count). The number of anilines is 2. The molecule has 206 valence electrons. The van der Waals surface area contributed by atoms with Gasteiger partial charge in [-0.25, -0.2) is 0 Å². The average molecular weight is 574 g/mol. The Morgan fingerprint density at radius 2 is 1.74 bits per heavy atom. The second kappa shape index (κ2) is 8.52. The second-order valence-electron chi connectivity index (χ2n) is 11.8. The molecule has 4 nitrogen and oxygen atoms in total. The lowest BCUT2D eigenvalue weighted by molar-refractivity contribution is 0.669. The minimum Gasteiger partial charge on any atom is -0.456 e. The number of thiophene rings is 1. The fourth-order valence-corrected chi connectivity index (χ4v) is 8.80. The van der Waals surface area contributed by atoms with E-state index in [9.17, 15) is 0 Å². The molecule has 0 bridgehead atoms. The van der Waals surface area contributed by atoms with Crippen LogP contribution in [-0.4, -0.2) is 10.4 Å². The molecule has 5 heteroatoms.